The van der Waals surface area contributed by atoms with Crippen LogP contribution in [0, 0.1) is 11.3 Å². The topological polar surface area (TPSA) is 81.9 Å². The fourth-order valence-corrected chi connectivity index (χ4v) is 3.56. The van der Waals surface area contributed by atoms with E-state index >= 15 is 0 Å². The van der Waals surface area contributed by atoms with Crippen LogP contribution in [0.2, 0.25) is 0 Å². The summed E-state index contributed by atoms with van der Waals surface area (Å²) in [6, 6.07) is 18.1. The summed E-state index contributed by atoms with van der Waals surface area (Å²) < 4.78 is 10.9. The molecule has 8 heteroatoms. The van der Waals surface area contributed by atoms with Crippen molar-refractivity contribution < 1.29 is 9.47 Å². The Morgan fingerprint density at radius 3 is 2.41 bits per heavy atom. The minimum atomic E-state index is 0. The van der Waals surface area contributed by atoms with Gasteiger partial charge in [-0.3, -0.25) is 4.90 Å². The van der Waals surface area contributed by atoms with E-state index in [0.717, 1.165) is 56.7 Å². The van der Waals surface area contributed by atoms with Crippen molar-refractivity contribution in [2.75, 3.05) is 46.5 Å². The molecule has 2 aromatic rings. The molecule has 0 bridgehead atoms. The van der Waals surface area contributed by atoms with Gasteiger partial charge in [0.05, 0.1) is 44.5 Å². The Labute approximate surface area is 207 Å². The molecular formula is C24H32IN5O2. The molecule has 2 N–H and O–H groups in total. The van der Waals surface area contributed by atoms with Crippen LogP contribution < -0.4 is 15.4 Å². The lowest BCUT2D eigenvalue weighted by Gasteiger charge is -2.35. The second-order valence-electron chi connectivity index (χ2n) is 7.32. The minimum Gasteiger partial charge on any atom is -0.497 e. The number of nitrogens with zero attached hydrogens (tertiary/aromatic N) is 3. The number of nitrogens with one attached hydrogen (secondary N) is 2. The highest BCUT2D eigenvalue weighted by molar-refractivity contribution is 14.0. The van der Waals surface area contributed by atoms with Gasteiger partial charge in [0.25, 0.3) is 0 Å². The van der Waals surface area contributed by atoms with Crippen molar-refractivity contribution in [1.82, 2.24) is 15.5 Å². The van der Waals surface area contributed by atoms with Gasteiger partial charge < -0.3 is 20.1 Å². The van der Waals surface area contributed by atoms with E-state index in [-0.39, 0.29) is 30.0 Å². The fourth-order valence-electron chi connectivity index (χ4n) is 3.56. The summed E-state index contributed by atoms with van der Waals surface area (Å²) >= 11 is 0. The van der Waals surface area contributed by atoms with E-state index in [4.69, 9.17) is 19.7 Å². The maximum atomic E-state index is 8.95. The molecule has 1 heterocycles. The van der Waals surface area contributed by atoms with Crippen LogP contribution in [0.25, 0.3) is 0 Å². The summed E-state index contributed by atoms with van der Waals surface area (Å²) in [7, 11) is 1.68. The molecule has 1 aliphatic rings. The van der Waals surface area contributed by atoms with Crippen molar-refractivity contribution >= 4 is 29.9 Å². The fraction of sp³-hybridized carbons (Fsp3) is 0.417. The lowest BCUT2D eigenvalue weighted by atomic mass is 10.0. The second-order valence-corrected chi connectivity index (χ2v) is 7.32. The van der Waals surface area contributed by atoms with E-state index in [1.54, 1.807) is 7.11 Å². The highest BCUT2D eigenvalue weighted by Crippen LogP contribution is 2.23. The third-order valence-electron chi connectivity index (χ3n) is 5.30. The first-order valence-corrected chi connectivity index (χ1v) is 10.7. The molecule has 7 nitrogen and oxygen atoms in total. The number of halogens is 1. The molecule has 172 valence electrons. The lowest BCUT2D eigenvalue weighted by molar-refractivity contribution is 0.0170. The number of guanidine groups is 1. The highest BCUT2D eigenvalue weighted by Gasteiger charge is 2.23. The van der Waals surface area contributed by atoms with E-state index in [2.05, 4.69) is 40.7 Å². The van der Waals surface area contributed by atoms with E-state index in [9.17, 15) is 0 Å². The Hall–Kier alpha value is -2.35. The van der Waals surface area contributed by atoms with E-state index in [1.165, 1.54) is 5.56 Å². The summed E-state index contributed by atoms with van der Waals surface area (Å²) in [4.78, 5) is 7.17. The molecule has 1 atom stereocenters. The highest BCUT2D eigenvalue weighted by atomic mass is 127. The number of morpholine rings is 1. The summed E-state index contributed by atoms with van der Waals surface area (Å²) in [5, 5.41) is 15.8. The van der Waals surface area contributed by atoms with Gasteiger partial charge in [0.2, 0.25) is 0 Å². The van der Waals surface area contributed by atoms with E-state index < -0.39 is 0 Å². The van der Waals surface area contributed by atoms with Gasteiger partial charge in [-0.2, -0.15) is 5.26 Å². The molecule has 0 aromatic heterocycles. The molecule has 1 saturated heterocycles. The average Bonchev–Trinajstić information content (AvgIpc) is 2.84. The number of nitriles is 1. The van der Waals surface area contributed by atoms with Crippen molar-refractivity contribution in [2.45, 2.75) is 19.5 Å². The third kappa shape index (κ3) is 7.65. The van der Waals surface area contributed by atoms with Crippen LogP contribution in [0.1, 0.15) is 29.7 Å². The van der Waals surface area contributed by atoms with Crippen molar-refractivity contribution in [3.05, 3.63) is 65.2 Å². The largest absolute Gasteiger partial charge is 0.497 e. The Balaban J connectivity index is 0.00000363. The van der Waals surface area contributed by atoms with Crippen molar-refractivity contribution in [3.63, 3.8) is 0 Å². The number of hydrogen-bond acceptors (Lipinski definition) is 5. The van der Waals surface area contributed by atoms with Gasteiger partial charge in [0.1, 0.15) is 5.75 Å². The molecule has 1 unspecified atom stereocenters. The molecule has 1 fully saturated rings. The Morgan fingerprint density at radius 1 is 1.12 bits per heavy atom. The molecule has 0 spiro atoms. The summed E-state index contributed by atoms with van der Waals surface area (Å²) in [6.07, 6.45) is 0. The normalized spacial score (nSPS) is 15.2. The first-order chi connectivity index (χ1) is 15.2. The van der Waals surface area contributed by atoms with Gasteiger partial charge in [-0.1, -0.05) is 24.3 Å². The number of methoxy groups -OCH3 is 1. The zero-order valence-corrected chi connectivity index (χ0v) is 21.0. The molecule has 32 heavy (non-hydrogen) atoms. The second kappa shape index (κ2) is 13.9. The van der Waals surface area contributed by atoms with E-state index in [1.807, 2.05) is 36.4 Å². The number of rotatable bonds is 8. The summed E-state index contributed by atoms with van der Waals surface area (Å²) in [6.45, 7) is 7.41. The Kier molecular flexibility index (Phi) is 11.3. The third-order valence-corrected chi connectivity index (χ3v) is 5.30. The minimum absolute atomic E-state index is 0. The number of hydrogen-bond donors (Lipinski definition) is 2. The standard InChI is InChI=1S/C24H31N5O2.HI/c1-3-26-24(27-17-20-6-4-19(16-25)5-7-20)28-18-23(29-12-14-31-15-13-29)21-8-10-22(30-2)11-9-21;/h4-11,23H,3,12-15,17-18H2,1-2H3,(H2,26,27,28);1H. The maximum absolute atomic E-state index is 8.95. The van der Waals surface area contributed by atoms with Gasteiger partial charge in [0.15, 0.2) is 5.96 Å². The first-order valence-electron chi connectivity index (χ1n) is 10.7. The van der Waals surface area contributed by atoms with Crippen molar-refractivity contribution in [2.24, 2.45) is 4.99 Å². The van der Waals surface area contributed by atoms with Gasteiger partial charge >= 0.3 is 0 Å². The molecule has 0 aliphatic carbocycles. The number of benzene rings is 2. The maximum Gasteiger partial charge on any atom is 0.191 e. The zero-order valence-electron chi connectivity index (χ0n) is 18.7. The van der Waals surface area contributed by atoms with Crippen LogP contribution in [-0.2, 0) is 11.3 Å². The van der Waals surface area contributed by atoms with Crippen LogP contribution >= 0.6 is 24.0 Å². The molecule has 0 saturated carbocycles. The average molecular weight is 549 g/mol. The molecule has 0 amide bonds. The summed E-state index contributed by atoms with van der Waals surface area (Å²) in [5.74, 6) is 1.63. The van der Waals surface area contributed by atoms with Crippen LogP contribution in [0.15, 0.2) is 53.5 Å². The Morgan fingerprint density at radius 2 is 1.81 bits per heavy atom. The van der Waals surface area contributed by atoms with Crippen molar-refractivity contribution in [1.29, 1.82) is 5.26 Å². The smallest absolute Gasteiger partial charge is 0.191 e. The summed E-state index contributed by atoms with van der Waals surface area (Å²) in [5.41, 5.74) is 2.96. The van der Waals surface area contributed by atoms with Gasteiger partial charge in [-0.05, 0) is 42.3 Å². The van der Waals surface area contributed by atoms with Crippen LogP contribution in [-0.4, -0.2) is 57.4 Å². The van der Waals surface area contributed by atoms with Crippen LogP contribution in [0.3, 0.4) is 0 Å². The van der Waals surface area contributed by atoms with Gasteiger partial charge in [-0.15, -0.1) is 24.0 Å². The number of aliphatic imine (C=N–C) groups is 1. The van der Waals surface area contributed by atoms with Crippen LogP contribution in [0.5, 0.6) is 5.75 Å². The lowest BCUT2D eigenvalue weighted by Crippen LogP contribution is -2.46. The zero-order chi connectivity index (χ0) is 21.9. The van der Waals surface area contributed by atoms with Crippen LogP contribution in [0.4, 0.5) is 0 Å². The van der Waals surface area contributed by atoms with Gasteiger partial charge in [-0.25, -0.2) is 4.99 Å². The van der Waals surface area contributed by atoms with Crippen molar-refractivity contribution in [3.8, 4) is 11.8 Å². The molecule has 2 aromatic carbocycles. The molecular weight excluding hydrogens is 517 g/mol. The molecule has 1 aliphatic heterocycles. The predicted octanol–water partition coefficient (Wildman–Crippen LogP) is 3.31. The molecule has 0 radical (unpaired) electrons. The SMILES string of the molecule is CCNC(=NCc1ccc(C#N)cc1)NCC(c1ccc(OC)cc1)N1CCOCC1.I. The Bertz CT molecular complexity index is 875. The monoisotopic (exact) mass is 549 g/mol. The van der Waals surface area contributed by atoms with E-state index in [0.29, 0.717) is 12.1 Å². The number of ether oxygens (including phenoxy) is 2. The van der Waals surface area contributed by atoms with Gasteiger partial charge in [0, 0.05) is 26.2 Å². The first kappa shape index (κ1) is 25.9. The predicted molar refractivity (Wildman–Crippen MR) is 138 cm³/mol. The molecule has 3 rings (SSSR count). The quantitative estimate of drug-likeness (QED) is 0.299.